The second-order valence-electron chi connectivity index (χ2n) is 3.51. The fraction of sp³-hybridized carbons (Fsp3) is 0.300. The van der Waals surface area contributed by atoms with Crippen molar-refractivity contribution < 1.29 is 23.4 Å². The molecule has 0 spiro atoms. The number of carboxylic acid groups (broad SMARTS) is 1. The van der Waals surface area contributed by atoms with E-state index in [9.17, 15) is 13.2 Å². The molecule has 0 amide bonds. The molecule has 1 atom stereocenters. The zero-order valence-electron chi connectivity index (χ0n) is 9.45. The first-order valence-electron chi connectivity index (χ1n) is 4.88. The van der Waals surface area contributed by atoms with E-state index in [0.717, 1.165) is 7.05 Å². The van der Waals surface area contributed by atoms with Gasteiger partial charge >= 0.3 is 5.97 Å². The number of benzene rings is 1. The molecule has 0 saturated heterocycles. The van der Waals surface area contributed by atoms with Crippen molar-refractivity contribution in [3.8, 4) is 0 Å². The van der Waals surface area contributed by atoms with Crippen LogP contribution in [0.3, 0.4) is 0 Å². The average Bonchev–Trinajstić information content (AvgIpc) is 2.29. The van der Waals surface area contributed by atoms with Crippen molar-refractivity contribution in [2.24, 2.45) is 0 Å². The number of nitrogens with zero attached hydrogens (tertiary/aromatic N) is 1. The van der Waals surface area contributed by atoms with Crippen molar-refractivity contribution in [2.45, 2.75) is 10.9 Å². The molecular formula is C10H12BrNO5S. The zero-order chi connectivity index (χ0) is 13.9. The van der Waals surface area contributed by atoms with Crippen molar-refractivity contribution in [2.75, 3.05) is 13.7 Å². The third-order valence-electron chi connectivity index (χ3n) is 2.39. The standard InChI is InChI=1S/C10H12BrNO5S/c1-12(9(6-13)10(14)15)18(16,17)8-4-2-7(11)3-5-8/h2-5,9,13H,6H2,1H3,(H,14,15). The predicted molar refractivity (Wildman–Crippen MR) is 67.6 cm³/mol. The van der Waals surface area contributed by atoms with Crippen molar-refractivity contribution in [3.05, 3.63) is 28.7 Å². The molecule has 1 aromatic rings. The molecule has 1 aromatic carbocycles. The summed E-state index contributed by atoms with van der Waals surface area (Å²) < 4.78 is 25.5. The number of sulfonamides is 1. The van der Waals surface area contributed by atoms with Gasteiger partial charge in [-0.15, -0.1) is 0 Å². The zero-order valence-corrected chi connectivity index (χ0v) is 11.8. The Bertz CT molecular complexity index is 528. The minimum atomic E-state index is -3.94. The summed E-state index contributed by atoms with van der Waals surface area (Å²) in [7, 11) is -2.82. The Hall–Kier alpha value is -0.960. The van der Waals surface area contributed by atoms with Gasteiger partial charge in [-0.25, -0.2) is 8.42 Å². The third-order valence-corrected chi connectivity index (χ3v) is 4.80. The lowest BCUT2D eigenvalue weighted by molar-refractivity contribution is -0.142. The van der Waals surface area contributed by atoms with Gasteiger partial charge in [0.2, 0.25) is 10.0 Å². The number of hydrogen-bond acceptors (Lipinski definition) is 4. The van der Waals surface area contributed by atoms with Crippen LogP contribution in [0.25, 0.3) is 0 Å². The molecule has 8 heteroatoms. The van der Waals surface area contributed by atoms with Crippen LogP contribution in [0.5, 0.6) is 0 Å². The first-order valence-corrected chi connectivity index (χ1v) is 7.11. The highest BCUT2D eigenvalue weighted by molar-refractivity contribution is 9.10. The van der Waals surface area contributed by atoms with E-state index in [2.05, 4.69) is 15.9 Å². The normalized spacial score (nSPS) is 13.6. The van der Waals surface area contributed by atoms with Crippen molar-refractivity contribution in [1.82, 2.24) is 4.31 Å². The molecule has 18 heavy (non-hydrogen) atoms. The number of likely N-dealkylation sites (N-methyl/N-ethyl adjacent to an activating group) is 1. The minimum absolute atomic E-state index is 0.0344. The van der Waals surface area contributed by atoms with Crippen molar-refractivity contribution >= 4 is 31.9 Å². The van der Waals surface area contributed by atoms with E-state index in [0.29, 0.717) is 8.78 Å². The number of rotatable bonds is 5. The fourth-order valence-corrected chi connectivity index (χ4v) is 2.86. The van der Waals surface area contributed by atoms with E-state index in [-0.39, 0.29) is 4.90 Å². The molecule has 6 nitrogen and oxygen atoms in total. The van der Waals surface area contributed by atoms with Gasteiger partial charge in [0.15, 0.2) is 0 Å². The van der Waals surface area contributed by atoms with E-state index in [1.165, 1.54) is 24.3 Å². The molecule has 100 valence electrons. The maximum absolute atomic E-state index is 12.1. The maximum atomic E-state index is 12.1. The second-order valence-corrected chi connectivity index (χ2v) is 6.42. The monoisotopic (exact) mass is 337 g/mol. The Morgan fingerprint density at radius 2 is 1.89 bits per heavy atom. The summed E-state index contributed by atoms with van der Waals surface area (Å²) in [5.41, 5.74) is 0. The summed E-state index contributed by atoms with van der Waals surface area (Å²) in [6, 6.07) is 4.28. The number of aliphatic carboxylic acids is 1. The smallest absolute Gasteiger partial charge is 0.324 e. The third kappa shape index (κ3) is 3.08. The van der Waals surface area contributed by atoms with Gasteiger partial charge < -0.3 is 10.2 Å². The summed E-state index contributed by atoms with van der Waals surface area (Å²) in [5, 5.41) is 17.8. The summed E-state index contributed by atoms with van der Waals surface area (Å²) in [6.07, 6.45) is 0. The summed E-state index contributed by atoms with van der Waals surface area (Å²) >= 11 is 3.17. The number of carbonyl (C=O) groups is 1. The highest BCUT2D eigenvalue weighted by Gasteiger charge is 2.32. The van der Waals surface area contributed by atoms with Gasteiger partial charge in [-0.3, -0.25) is 4.79 Å². The van der Waals surface area contributed by atoms with E-state index in [1.807, 2.05) is 0 Å². The van der Waals surface area contributed by atoms with E-state index in [4.69, 9.17) is 10.2 Å². The molecule has 0 heterocycles. The van der Waals surface area contributed by atoms with Crippen LogP contribution in [0, 0.1) is 0 Å². The Morgan fingerprint density at radius 3 is 2.28 bits per heavy atom. The molecule has 0 radical (unpaired) electrons. The van der Waals surface area contributed by atoms with Gasteiger partial charge in [-0.05, 0) is 24.3 Å². The minimum Gasteiger partial charge on any atom is -0.480 e. The molecular weight excluding hydrogens is 326 g/mol. The summed E-state index contributed by atoms with van der Waals surface area (Å²) in [5.74, 6) is -1.40. The molecule has 2 N–H and O–H groups in total. The SMILES string of the molecule is CN(C(CO)C(=O)O)S(=O)(=O)c1ccc(Br)cc1. The highest BCUT2D eigenvalue weighted by Crippen LogP contribution is 2.19. The first-order chi connectivity index (χ1) is 8.30. The quantitative estimate of drug-likeness (QED) is 0.816. The maximum Gasteiger partial charge on any atom is 0.324 e. The number of aliphatic hydroxyl groups is 1. The molecule has 1 unspecified atom stereocenters. The van der Waals surface area contributed by atoms with Crippen LogP contribution >= 0.6 is 15.9 Å². The molecule has 0 aromatic heterocycles. The lowest BCUT2D eigenvalue weighted by Gasteiger charge is -2.22. The molecule has 1 rings (SSSR count). The molecule has 0 aliphatic heterocycles. The highest BCUT2D eigenvalue weighted by atomic mass is 79.9. The van der Waals surface area contributed by atoms with Crippen LogP contribution < -0.4 is 0 Å². The lowest BCUT2D eigenvalue weighted by atomic mass is 10.3. The molecule has 0 bridgehead atoms. The van der Waals surface area contributed by atoms with Crippen LogP contribution in [0.2, 0.25) is 0 Å². The predicted octanol–water partition coefficient (Wildman–Crippen LogP) is 0.515. The van der Waals surface area contributed by atoms with Gasteiger partial charge in [-0.1, -0.05) is 15.9 Å². The van der Waals surface area contributed by atoms with Crippen LogP contribution in [-0.4, -0.2) is 48.6 Å². The number of carboxylic acids is 1. The lowest BCUT2D eigenvalue weighted by Crippen LogP contribution is -2.44. The summed E-state index contributed by atoms with van der Waals surface area (Å²) in [6.45, 7) is -0.790. The Morgan fingerprint density at radius 1 is 1.39 bits per heavy atom. The topological polar surface area (TPSA) is 94.9 Å². The second kappa shape index (κ2) is 5.79. The van der Waals surface area contributed by atoms with Gasteiger partial charge in [0, 0.05) is 11.5 Å². The first kappa shape index (κ1) is 15.1. The van der Waals surface area contributed by atoms with Crippen LogP contribution in [0.1, 0.15) is 0 Å². The molecule has 0 saturated carbocycles. The van der Waals surface area contributed by atoms with Gasteiger partial charge in [0.1, 0.15) is 6.04 Å². The number of halogens is 1. The van der Waals surface area contributed by atoms with Crippen molar-refractivity contribution in [1.29, 1.82) is 0 Å². The summed E-state index contributed by atoms with van der Waals surface area (Å²) in [4.78, 5) is 10.8. The van der Waals surface area contributed by atoms with E-state index in [1.54, 1.807) is 0 Å². The van der Waals surface area contributed by atoms with Crippen molar-refractivity contribution in [3.63, 3.8) is 0 Å². The Labute approximate surface area is 113 Å². The Kier molecular flexibility index (Phi) is 4.85. The van der Waals surface area contributed by atoms with Crippen LogP contribution in [0.4, 0.5) is 0 Å². The van der Waals surface area contributed by atoms with Gasteiger partial charge in [-0.2, -0.15) is 4.31 Å². The molecule has 0 aliphatic carbocycles. The molecule has 0 aliphatic rings. The molecule has 0 fully saturated rings. The largest absolute Gasteiger partial charge is 0.480 e. The van der Waals surface area contributed by atoms with Crippen LogP contribution in [-0.2, 0) is 14.8 Å². The fourth-order valence-electron chi connectivity index (χ4n) is 1.29. The average molecular weight is 338 g/mol. The number of hydrogen-bond donors (Lipinski definition) is 2. The van der Waals surface area contributed by atoms with Gasteiger partial charge in [0.05, 0.1) is 11.5 Å². The Balaban J connectivity index is 3.13. The number of aliphatic hydroxyl groups excluding tert-OH is 1. The van der Waals surface area contributed by atoms with E-state index >= 15 is 0 Å². The van der Waals surface area contributed by atoms with Crippen LogP contribution in [0.15, 0.2) is 33.6 Å². The van der Waals surface area contributed by atoms with E-state index < -0.39 is 28.6 Å². The van der Waals surface area contributed by atoms with Gasteiger partial charge in [0.25, 0.3) is 0 Å².